The SMILES string of the molecule is O=C(Nc1ccccc1C1=NN=CC1)c1cccnc1N1CCCCC1. The van der Waals surface area contributed by atoms with Crippen molar-refractivity contribution < 1.29 is 4.79 Å². The van der Waals surface area contributed by atoms with Gasteiger partial charge in [-0.3, -0.25) is 4.79 Å². The van der Waals surface area contributed by atoms with E-state index in [1.54, 1.807) is 12.4 Å². The first-order chi connectivity index (χ1) is 12.8. The fourth-order valence-corrected chi connectivity index (χ4v) is 3.41. The maximum atomic E-state index is 13.0. The number of amides is 1. The number of hydrogen-bond donors (Lipinski definition) is 1. The number of pyridine rings is 1. The quantitative estimate of drug-likeness (QED) is 0.920. The highest BCUT2D eigenvalue weighted by atomic mass is 16.1. The molecule has 6 heteroatoms. The molecule has 26 heavy (non-hydrogen) atoms. The first-order valence-electron chi connectivity index (χ1n) is 9.02. The van der Waals surface area contributed by atoms with E-state index in [1.807, 2.05) is 36.4 Å². The molecule has 3 heterocycles. The Morgan fingerprint density at radius 2 is 1.88 bits per heavy atom. The van der Waals surface area contributed by atoms with E-state index in [4.69, 9.17) is 0 Å². The molecule has 0 atom stereocenters. The average molecular weight is 347 g/mol. The number of aromatic nitrogens is 1. The van der Waals surface area contributed by atoms with Gasteiger partial charge in [0, 0.05) is 37.5 Å². The molecular weight excluding hydrogens is 326 g/mol. The van der Waals surface area contributed by atoms with Crippen molar-refractivity contribution in [3.05, 3.63) is 53.7 Å². The molecule has 1 N–H and O–H groups in total. The topological polar surface area (TPSA) is 70.0 Å². The maximum Gasteiger partial charge on any atom is 0.259 e. The number of carbonyl (C=O) groups is 1. The number of piperidine rings is 1. The minimum atomic E-state index is -0.148. The van der Waals surface area contributed by atoms with Gasteiger partial charge in [0.2, 0.25) is 0 Å². The summed E-state index contributed by atoms with van der Waals surface area (Å²) in [6.45, 7) is 1.89. The van der Waals surface area contributed by atoms with Crippen molar-refractivity contribution in [1.29, 1.82) is 0 Å². The second kappa shape index (κ2) is 7.47. The summed E-state index contributed by atoms with van der Waals surface area (Å²) in [5.74, 6) is 0.620. The molecule has 1 aromatic heterocycles. The fraction of sp³-hybridized carbons (Fsp3) is 0.300. The van der Waals surface area contributed by atoms with E-state index in [0.29, 0.717) is 12.0 Å². The van der Waals surface area contributed by atoms with E-state index < -0.39 is 0 Å². The number of rotatable bonds is 4. The molecule has 0 radical (unpaired) electrons. The highest BCUT2D eigenvalue weighted by Gasteiger charge is 2.21. The van der Waals surface area contributed by atoms with Crippen LogP contribution in [0.4, 0.5) is 11.5 Å². The normalized spacial score (nSPS) is 16.5. The van der Waals surface area contributed by atoms with Crippen LogP contribution < -0.4 is 10.2 Å². The summed E-state index contributed by atoms with van der Waals surface area (Å²) < 4.78 is 0. The summed E-state index contributed by atoms with van der Waals surface area (Å²) in [6.07, 6.45) is 7.71. The van der Waals surface area contributed by atoms with E-state index >= 15 is 0 Å². The lowest BCUT2D eigenvalue weighted by Crippen LogP contribution is -2.32. The second-order valence-electron chi connectivity index (χ2n) is 6.47. The molecule has 0 unspecified atom stereocenters. The number of anilines is 2. The molecule has 0 bridgehead atoms. The predicted molar refractivity (Wildman–Crippen MR) is 104 cm³/mol. The Morgan fingerprint density at radius 3 is 2.69 bits per heavy atom. The minimum Gasteiger partial charge on any atom is -0.356 e. The molecular formula is C20H21N5O. The monoisotopic (exact) mass is 347 g/mol. The molecule has 6 nitrogen and oxygen atoms in total. The van der Waals surface area contributed by atoms with Gasteiger partial charge in [-0.1, -0.05) is 18.2 Å². The third-order valence-electron chi connectivity index (χ3n) is 4.72. The number of hydrogen-bond acceptors (Lipinski definition) is 5. The van der Waals surface area contributed by atoms with Crippen LogP contribution in [-0.2, 0) is 0 Å². The average Bonchev–Trinajstić information content (AvgIpc) is 3.24. The molecule has 0 aliphatic carbocycles. The van der Waals surface area contributed by atoms with E-state index in [9.17, 15) is 4.79 Å². The fourth-order valence-electron chi connectivity index (χ4n) is 3.41. The maximum absolute atomic E-state index is 13.0. The Bertz CT molecular complexity index is 868. The van der Waals surface area contributed by atoms with E-state index in [-0.39, 0.29) is 5.91 Å². The summed E-state index contributed by atoms with van der Waals surface area (Å²) in [6, 6.07) is 11.3. The molecule has 1 amide bonds. The molecule has 132 valence electrons. The van der Waals surface area contributed by atoms with Crippen LogP contribution in [0.5, 0.6) is 0 Å². The summed E-state index contributed by atoms with van der Waals surface area (Å²) in [5.41, 5.74) is 3.12. The highest BCUT2D eigenvalue weighted by molar-refractivity contribution is 6.15. The van der Waals surface area contributed by atoms with Gasteiger partial charge < -0.3 is 10.2 Å². The number of nitrogens with one attached hydrogen (secondary N) is 1. The van der Waals surface area contributed by atoms with Gasteiger partial charge >= 0.3 is 0 Å². The molecule has 1 aromatic carbocycles. The largest absolute Gasteiger partial charge is 0.356 e. The lowest BCUT2D eigenvalue weighted by atomic mass is 10.1. The Labute approximate surface area is 152 Å². The molecule has 4 rings (SSSR count). The van der Waals surface area contributed by atoms with Crippen LogP contribution in [0.15, 0.2) is 52.8 Å². The van der Waals surface area contributed by atoms with Gasteiger partial charge in [-0.2, -0.15) is 10.2 Å². The predicted octanol–water partition coefficient (Wildman–Crippen LogP) is 3.50. The van der Waals surface area contributed by atoms with Crippen molar-refractivity contribution in [1.82, 2.24) is 4.98 Å². The third kappa shape index (κ3) is 3.35. The van der Waals surface area contributed by atoms with Gasteiger partial charge in [-0.05, 0) is 37.5 Å². The van der Waals surface area contributed by atoms with Crippen molar-refractivity contribution in [2.45, 2.75) is 25.7 Å². The number of carbonyl (C=O) groups excluding carboxylic acids is 1. The van der Waals surface area contributed by atoms with Gasteiger partial charge in [0.25, 0.3) is 5.91 Å². The van der Waals surface area contributed by atoms with Crippen LogP contribution in [0.3, 0.4) is 0 Å². The van der Waals surface area contributed by atoms with E-state index in [2.05, 4.69) is 25.4 Å². The van der Waals surface area contributed by atoms with Crippen molar-refractivity contribution >= 4 is 29.3 Å². The molecule has 1 saturated heterocycles. The molecule has 2 aromatic rings. The Balaban J connectivity index is 1.60. The lowest BCUT2D eigenvalue weighted by Gasteiger charge is -2.29. The molecule has 2 aliphatic rings. The lowest BCUT2D eigenvalue weighted by molar-refractivity contribution is 0.102. The van der Waals surface area contributed by atoms with E-state index in [1.165, 1.54) is 6.42 Å². The van der Waals surface area contributed by atoms with Gasteiger partial charge in [0.15, 0.2) is 0 Å². The van der Waals surface area contributed by atoms with E-state index in [0.717, 1.165) is 48.7 Å². The minimum absolute atomic E-state index is 0.148. The number of para-hydroxylation sites is 1. The van der Waals surface area contributed by atoms with Gasteiger partial charge in [0.05, 0.1) is 17.0 Å². The van der Waals surface area contributed by atoms with Crippen molar-refractivity contribution in [2.75, 3.05) is 23.3 Å². The third-order valence-corrected chi connectivity index (χ3v) is 4.72. The first-order valence-corrected chi connectivity index (χ1v) is 9.02. The molecule has 0 spiro atoms. The molecule has 0 saturated carbocycles. The van der Waals surface area contributed by atoms with Crippen molar-refractivity contribution in [2.24, 2.45) is 10.2 Å². The smallest absolute Gasteiger partial charge is 0.259 e. The zero-order chi connectivity index (χ0) is 17.8. The van der Waals surface area contributed by atoms with Crippen LogP contribution >= 0.6 is 0 Å². The van der Waals surface area contributed by atoms with Crippen molar-refractivity contribution in [3.63, 3.8) is 0 Å². The van der Waals surface area contributed by atoms with Crippen LogP contribution in [0.1, 0.15) is 41.6 Å². The zero-order valence-electron chi connectivity index (χ0n) is 14.6. The Hall–Kier alpha value is -3.02. The summed E-state index contributed by atoms with van der Waals surface area (Å²) in [7, 11) is 0. The Morgan fingerprint density at radius 1 is 1.04 bits per heavy atom. The second-order valence-corrected chi connectivity index (χ2v) is 6.47. The number of benzene rings is 1. The first kappa shape index (κ1) is 16.4. The van der Waals surface area contributed by atoms with Gasteiger partial charge in [-0.25, -0.2) is 4.98 Å². The number of nitrogens with zero attached hydrogens (tertiary/aromatic N) is 4. The zero-order valence-corrected chi connectivity index (χ0v) is 14.6. The summed E-state index contributed by atoms with van der Waals surface area (Å²) >= 11 is 0. The van der Waals surface area contributed by atoms with Crippen LogP contribution in [-0.4, -0.2) is 35.9 Å². The molecule has 2 aliphatic heterocycles. The summed E-state index contributed by atoms with van der Waals surface area (Å²) in [4.78, 5) is 19.7. The van der Waals surface area contributed by atoms with Gasteiger partial charge in [-0.15, -0.1) is 0 Å². The van der Waals surface area contributed by atoms with Crippen LogP contribution in [0.25, 0.3) is 0 Å². The van der Waals surface area contributed by atoms with Gasteiger partial charge in [0.1, 0.15) is 5.82 Å². The summed E-state index contributed by atoms with van der Waals surface area (Å²) in [5, 5.41) is 11.1. The van der Waals surface area contributed by atoms with Crippen LogP contribution in [0.2, 0.25) is 0 Å². The van der Waals surface area contributed by atoms with Crippen molar-refractivity contribution in [3.8, 4) is 0 Å². The molecule has 1 fully saturated rings. The standard InChI is InChI=1S/C20H21N5O/c26-20(16-8-6-11-21-19(16)25-13-4-1-5-14-25)23-17-9-3-2-7-15(17)18-10-12-22-24-18/h2-3,6-9,11-12H,1,4-5,10,13-14H2,(H,23,26). The highest BCUT2D eigenvalue weighted by Crippen LogP contribution is 2.24. The van der Waals surface area contributed by atoms with Crippen LogP contribution in [0, 0.1) is 0 Å². The Kier molecular flexibility index (Phi) is 4.73.